The first-order valence-electron chi connectivity index (χ1n) is 8.57. The Labute approximate surface area is 142 Å². The molecule has 2 aromatic rings. The van der Waals surface area contributed by atoms with E-state index in [0.717, 1.165) is 55.0 Å². The Morgan fingerprint density at radius 2 is 2.17 bits per heavy atom. The summed E-state index contributed by atoms with van der Waals surface area (Å²) in [7, 11) is 0. The first-order valence-corrected chi connectivity index (χ1v) is 8.57. The highest BCUT2D eigenvalue weighted by atomic mass is 16.6. The predicted molar refractivity (Wildman–Crippen MR) is 94.9 cm³/mol. The average Bonchev–Trinajstić information content (AvgIpc) is 2.71. The molecule has 6 nitrogen and oxygen atoms in total. The minimum Gasteiger partial charge on any atom is -0.370 e. The molecule has 0 spiro atoms. The highest BCUT2D eigenvalue weighted by Crippen LogP contribution is 2.31. The molecule has 1 aliphatic rings. The van der Waals surface area contributed by atoms with Crippen molar-refractivity contribution in [3.63, 3.8) is 0 Å². The van der Waals surface area contributed by atoms with Crippen LogP contribution in [0.5, 0.6) is 0 Å². The van der Waals surface area contributed by atoms with Crippen LogP contribution in [0.1, 0.15) is 43.5 Å². The van der Waals surface area contributed by atoms with Crippen LogP contribution < -0.4 is 5.32 Å². The van der Waals surface area contributed by atoms with Crippen LogP contribution in [0.15, 0.2) is 18.2 Å². The summed E-state index contributed by atoms with van der Waals surface area (Å²) in [4.78, 5) is 10.8. The fourth-order valence-corrected chi connectivity index (χ4v) is 3.24. The van der Waals surface area contributed by atoms with Gasteiger partial charge in [-0.2, -0.15) is 5.10 Å². The highest BCUT2D eigenvalue weighted by Gasteiger charge is 2.22. The van der Waals surface area contributed by atoms with Crippen LogP contribution in [0.25, 0.3) is 5.69 Å². The molecule has 24 heavy (non-hydrogen) atoms. The summed E-state index contributed by atoms with van der Waals surface area (Å²) in [6.45, 7) is 7.25. The van der Waals surface area contributed by atoms with Crippen LogP contribution in [0, 0.1) is 23.0 Å². The zero-order valence-corrected chi connectivity index (χ0v) is 14.5. The molecule has 0 saturated heterocycles. The summed E-state index contributed by atoms with van der Waals surface area (Å²) in [5, 5.41) is 19.5. The number of nitro groups is 1. The van der Waals surface area contributed by atoms with Crippen molar-refractivity contribution >= 4 is 11.5 Å². The molecule has 1 N–H and O–H groups in total. The summed E-state index contributed by atoms with van der Waals surface area (Å²) in [5.74, 6) is 1.53. The van der Waals surface area contributed by atoms with Crippen molar-refractivity contribution in [3.05, 3.63) is 45.1 Å². The number of fused-ring (bicyclic) bond motifs is 1. The maximum absolute atomic E-state index is 11.2. The normalized spacial score (nSPS) is 14.2. The summed E-state index contributed by atoms with van der Waals surface area (Å²) in [6.07, 6.45) is 4.21. The molecule has 2 heterocycles. The van der Waals surface area contributed by atoms with Crippen LogP contribution in [0.3, 0.4) is 0 Å². The second-order valence-electron chi connectivity index (χ2n) is 6.90. The van der Waals surface area contributed by atoms with Gasteiger partial charge in [0.1, 0.15) is 5.82 Å². The van der Waals surface area contributed by atoms with Crippen molar-refractivity contribution in [1.29, 1.82) is 0 Å². The lowest BCUT2D eigenvalue weighted by Crippen LogP contribution is -2.08. The van der Waals surface area contributed by atoms with Gasteiger partial charge in [0.05, 0.1) is 16.3 Å². The molecule has 6 heteroatoms. The number of anilines is 1. The third-order valence-electron chi connectivity index (χ3n) is 4.45. The molecule has 1 aromatic carbocycles. The molecule has 0 unspecified atom stereocenters. The minimum absolute atomic E-state index is 0.0962. The van der Waals surface area contributed by atoms with Gasteiger partial charge in [-0.25, -0.2) is 4.68 Å². The van der Waals surface area contributed by atoms with Crippen LogP contribution in [-0.4, -0.2) is 21.2 Å². The highest BCUT2D eigenvalue weighted by molar-refractivity contribution is 5.58. The lowest BCUT2D eigenvalue weighted by molar-refractivity contribution is -0.384. The lowest BCUT2D eigenvalue weighted by Gasteiger charge is -2.11. The number of nitrogens with one attached hydrogen (secondary N) is 1. The number of non-ortho nitro benzene ring substituents is 1. The van der Waals surface area contributed by atoms with Crippen molar-refractivity contribution in [2.45, 2.75) is 46.5 Å². The van der Waals surface area contributed by atoms with Gasteiger partial charge in [-0.05, 0) is 44.1 Å². The van der Waals surface area contributed by atoms with Crippen LogP contribution >= 0.6 is 0 Å². The molecule has 1 aliphatic heterocycles. The number of aromatic nitrogens is 2. The van der Waals surface area contributed by atoms with E-state index in [0.29, 0.717) is 5.92 Å². The maximum Gasteiger partial charge on any atom is 0.271 e. The molecular formula is C18H24N4O2. The Kier molecular flexibility index (Phi) is 4.55. The van der Waals surface area contributed by atoms with E-state index in [9.17, 15) is 10.1 Å². The van der Waals surface area contributed by atoms with Gasteiger partial charge in [0.15, 0.2) is 0 Å². The van der Waals surface area contributed by atoms with E-state index >= 15 is 0 Å². The molecule has 3 rings (SSSR count). The van der Waals surface area contributed by atoms with Gasteiger partial charge in [0, 0.05) is 24.2 Å². The summed E-state index contributed by atoms with van der Waals surface area (Å²) < 4.78 is 1.88. The Hall–Kier alpha value is -2.37. The fraction of sp³-hybridized carbons (Fsp3) is 0.500. The minimum atomic E-state index is -0.354. The van der Waals surface area contributed by atoms with Crippen LogP contribution in [0.4, 0.5) is 11.5 Å². The Bertz CT molecular complexity index is 765. The van der Waals surface area contributed by atoms with Gasteiger partial charge in [0.2, 0.25) is 0 Å². The number of nitrogens with zero attached hydrogens (tertiary/aromatic N) is 3. The third kappa shape index (κ3) is 3.13. The maximum atomic E-state index is 11.2. The van der Waals surface area contributed by atoms with E-state index in [2.05, 4.69) is 19.2 Å². The molecule has 0 saturated carbocycles. The van der Waals surface area contributed by atoms with Crippen molar-refractivity contribution in [3.8, 4) is 5.69 Å². The summed E-state index contributed by atoms with van der Waals surface area (Å²) >= 11 is 0. The Morgan fingerprint density at radius 3 is 2.88 bits per heavy atom. The summed E-state index contributed by atoms with van der Waals surface area (Å²) in [5.41, 5.74) is 4.24. The van der Waals surface area contributed by atoms with Crippen molar-refractivity contribution in [1.82, 2.24) is 9.78 Å². The lowest BCUT2D eigenvalue weighted by atomic mass is 10.0. The van der Waals surface area contributed by atoms with Gasteiger partial charge in [-0.15, -0.1) is 0 Å². The van der Waals surface area contributed by atoms with Gasteiger partial charge in [-0.1, -0.05) is 19.9 Å². The van der Waals surface area contributed by atoms with E-state index in [1.54, 1.807) is 18.2 Å². The summed E-state index contributed by atoms with van der Waals surface area (Å²) in [6, 6.07) is 4.96. The zero-order chi connectivity index (χ0) is 17.3. The number of rotatable bonds is 4. The first-order chi connectivity index (χ1) is 11.5. The number of nitro benzene ring substituents is 1. The quantitative estimate of drug-likeness (QED) is 0.679. The Morgan fingerprint density at radius 1 is 1.38 bits per heavy atom. The number of hydrogen-bond donors (Lipinski definition) is 1. The molecule has 1 aromatic heterocycles. The molecule has 0 bridgehead atoms. The van der Waals surface area contributed by atoms with Crippen molar-refractivity contribution in [2.24, 2.45) is 5.92 Å². The molecule has 0 radical (unpaired) electrons. The van der Waals surface area contributed by atoms with E-state index in [1.807, 2.05) is 11.6 Å². The molecular weight excluding hydrogens is 304 g/mol. The van der Waals surface area contributed by atoms with E-state index in [1.165, 1.54) is 5.56 Å². The molecule has 0 amide bonds. The largest absolute Gasteiger partial charge is 0.370 e. The number of hydrogen-bond acceptors (Lipinski definition) is 4. The second-order valence-corrected chi connectivity index (χ2v) is 6.90. The molecule has 0 aliphatic carbocycles. The first kappa shape index (κ1) is 16.5. The Balaban J connectivity index is 2.15. The SMILES string of the molecule is Cc1ccc([N+](=O)[O-])cc1-n1nc(CC(C)C)c2c1NCCCC2. The number of aryl methyl sites for hydroxylation is 1. The van der Waals surface area contributed by atoms with E-state index < -0.39 is 0 Å². The van der Waals surface area contributed by atoms with Gasteiger partial charge in [-0.3, -0.25) is 10.1 Å². The molecule has 0 atom stereocenters. The molecule has 128 valence electrons. The number of benzene rings is 1. The average molecular weight is 328 g/mol. The van der Waals surface area contributed by atoms with E-state index in [4.69, 9.17) is 5.10 Å². The zero-order valence-electron chi connectivity index (χ0n) is 14.5. The van der Waals surface area contributed by atoms with Gasteiger partial charge in [0.25, 0.3) is 5.69 Å². The van der Waals surface area contributed by atoms with Gasteiger partial charge < -0.3 is 5.32 Å². The fourth-order valence-electron chi connectivity index (χ4n) is 3.24. The predicted octanol–water partition coefficient (Wildman–Crippen LogP) is 4.04. The van der Waals surface area contributed by atoms with Gasteiger partial charge >= 0.3 is 0 Å². The van der Waals surface area contributed by atoms with Crippen molar-refractivity contribution < 1.29 is 4.92 Å². The standard InChI is InChI=1S/C18H24N4O2/c1-12(2)10-16-15-6-4-5-9-19-18(15)21(20-16)17-11-14(22(23)24)8-7-13(17)3/h7-8,11-12,19H,4-6,9-10H2,1-3H3. The van der Waals surface area contributed by atoms with E-state index in [-0.39, 0.29) is 10.6 Å². The molecule has 0 fully saturated rings. The third-order valence-corrected chi connectivity index (χ3v) is 4.45. The topological polar surface area (TPSA) is 73.0 Å². The monoisotopic (exact) mass is 328 g/mol. The van der Waals surface area contributed by atoms with Crippen LogP contribution in [-0.2, 0) is 12.8 Å². The second kappa shape index (κ2) is 6.63. The smallest absolute Gasteiger partial charge is 0.271 e. The van der Waals surface area contributed by atoms with Crippen LogP contribution in [0.2, 0.25) is 0 Å². The van der Waals surface area contributed by atoms with Crippen molar-refractivity contribution in [2.75, 3.05) is 11.9 Å².